The number of anilines is 1. The van der Waals surface area contributed by atoms with E-state index in [1.54, 1.807) is 0 Å². The number of nitrogens with one attached hydrogen (secondary N) is 1. The third-order valence-corrected chi connectivity index (χ3v) is 7.78. The number of carbonyl (C=O) groups is 1. The molecule has 3 saturated heterocycles. The van der Waals surface area contributed by atoms with Crippen LogP contribution in [0, 0.1) is 0 Å². The van der Waals surface area contributed by atoms with Gasteiger partial charge in [0.05, 0.1) is 19.8 Å². The monoisotopic (exact) mass is 354 g/mol. The number of hydrogen-bond donors (Lipinski definition) is 1. The molecule has 126 valence electrons. The van der Waals surface area contributed by atoms with Crippen LogP contribution in [-0.4, -0.2) is 64.2 Å². The quantitative estimate of drug-likeness (QED) is 0.837. The molecule has 0 aromatic heterocycles. The van der Waals surface area contributed by atoms with E-state index >= 15 is 0 Å². The van der Waals surface area contributed by atoms with Crippen molar-refractivity contribution in [1.82, 2.24) is 4.90 Å². The first kappa shape index (κ1) is 16.9. The maximum Gasteiger partial charge on any atom is 0.501 e. The number of thioether (sulfide) groups is 1. The molecule has 6 nitrogen and oxygen atoms in total. The largest absolute Gasteiger partial charge is 0.501 e. The molecule has 2 bridgehead atoms. The van der Waals surface area contributed by atoms with Crippen LogP contribution < -0.4 is 5.32 Å². The average molecular weight is 355 g/mol. The summed E-state index contributed by atoms with van der Waals surface area (Å²) in [5.74, 6) is 0.634. The van der Waals surface area contributed by atoms with Crippen molar-refractivity contribution in [1.29, 1.82) is 0 Å². The maximum absolute atomic E-state index is 12.0. The number of nitrogens with zero attached hydrogens (tertiary/aromatic N) is 1. The minimum atomic E-state index is -2.61. The number of fused-ring (bicyclic) bond motifs is 6. The smallest absolute Gasteiger partial charge is 0.372 e. The van der Waals surface area contributed by atoms with Crippen molar-refractivity contribution < 1.29 is 18.1 Å². The fraction of sp³-hybridized carbons (Fsp3) is 0.533. The molecular weight excluding hydrogens is 332 g/mol. The van der Waals surface area contributed by atoms with Crippen LogP contribution in [0.2, 0.25) is 6.04 Å². The summed E-state index contributed by atoms with van der Waals surface area (Å²) in [6.45, 7) is 4.74. The highest BCUT2D eigenvalue weighted by Gasteiger charge is 2.43. The summed E-state index contributed by atoms with van der Waals surface area (Å²) in [6.07, 6.45) is 0. The molecule has 0 atom stereocenters. The van der Waals surface area contributed by atoms with Gasteiger partial charge in [-0.1, -0.05) is 30.0 Å². The number of para-hydroxylation sites is 1. The fourth-order valence-electron chi connectivity index (χ4n) is 2.61. The fourth-order valence-corrected chi connectivity index (χ4v) is 6.29. The van der Waals surface area contributed by atoms with E-state index in [1.165, 1.54) is 11.8 Å². The lowest BCUT2D eigenvalue weighted by Crippen LogP contribution is -2.55. The minimum Gasteiger partial charge on any atom is -0.372 e. The molecule has 0 spiro atoms. The molecular formula is C15H22N2O4SSi. The lowest BCUT2D eigenvalue weighted by Gasteiger charge is -2.38. The predicted molar refractivity (Wildman–Crippen MR) is 92.8 cm³/mol. The molecule has 0 radical (unpaired) electrons. The first-order valence-electron chi connectivity index (χ1n) is 7.89. The standard InChI is InChI=1S/C15H22N2O4SSi/c18-15(16-14-4-2-1-3-5-14)22-12-13-23-19-9-6-17(7-10-20-23)8-11-21-23/h1-5H,6-13H2,(H,16,18). The van der Waals surface area contributed by atoms with Gasteiger partial charge >= 0.3 is 8.80 Å². The van der Waals surface area contributed by atoms with Gasteiger partial charge in [-0.05, 0) is 12.1 Å². The second-order valence-electron chi connectivity index (χ2n) is 5.45. The number of benzene rings is 1. The van der Waals surface area contributed by atoms with Crippen molar-refractivity contribution in [3.63, 3.8) is 0 Å². The number of amides is 1. The summed E-state index contributed by atoms with van der Waals surface area (Å²) in [4.78, 5) is 14.3. The van der Waals surface area contributed by atoms with Gasteiger partial charge in [-0.3, -0.25) is 9.69 Å². The number of rotatable bonds is 4. The Morgan fingerprint density at radius 2 is 1.70 bits per heavy atom. The Morgan fingerprint density at radius 1 is 1.09 bits per heavy atom. The molecule has 8 heteroatoms. The Balaban J connectivity index is 1.47. The van der Waals surface area contributed by atoms with Crippen molar-refractivity contribution in [3.8, 4) is 0 Å². The summed E-state index contributed by atoms with van der Waals surface area (Å²) in [5, 5.41) is 2.80. The van der Waals surface area contributed by atoms with E-state index in [1.807, 2.05) is 30.3 Å². The molecule has 0 saturated carbocycles. The highest BCUT2D eigenvalue weighted by molar-refractivity contribution is 8.13. The van der Waals surface area contributed by atoms with Crippen LogP contribution >= 0.6 is 11.8 Å². The molecule has 3 fully saturated rings. The normalized spacial score (nSPS) is 27.7. The maximum atomic E-state index is 12.0. The van der Waals surface area contributed by atoms with Crippen LogP contribution in [-0.2, 0) is 13.3 Å². The minimum absolute atomic E-state index is 0.0653. The Bertz CT molecular complexity index is 493. The van der Waals surface area contributed by atoms with Crippen LogP contribution in [0.15, 0.2) is 30.3 Å². The van der Waals surface area contributed by atoms with Gasteiger partial charge in [-0.25, -0.2) is 0 Å². The van der Waals surface area contributed by atoms with Crippen LogP contribution in [0.4, 0.5) is 10.5 Å². The van der Waals surface area contributed by atoms with Crippen LogP contribution in [0.5, 0.6) is 0 Å². The Morgan fingerprint density at radius 3 is 2.30 bits per heavy atom. The van der Waals surface area contributed by atoms with Gasteiger partial charge < -0.3 is 18.6 Å². The predicted octanol–water partition coefficient (Wildman–Crippen LogP) is 2.27. The first-order valence-corrected chi connectivity index (χ1v) is 10.8. The summed E-state index contributed by atoms with van der Waals surface area (Å²) in [6, 6.07) is 10.1. The van der Waals surface area contributed by atoms with E-state index in [-0.39, 0.29) is 5.24 Å². The average Bonchev–Trinajstić information content (AvgIpc) is 2.49. The topological polar surface area (TPSA) is 60.0 Å². The zero-order valence-corrected chi connectivity index (χ0v) is 14.8. The SMILES string of the molecule is O=C(Nc1ccccc1)SCC[Si]12OCCN(CCO1)CCO2. The van der Waals surface area contributed by atoms with Crippen molar-refractivity contribution >= 4 is 31.5 Å². The van der Waals surface area contributed by atoms with Gasteiger partial charge in [0.1, 0.15) is 0 Å². The highest BCUT2D eigenvalue weighted by Crippen LogP contribution is 2.23. The molecule has 1 amide bonds. The van der Waals surface area contributed by atoms with Gasteiger partial charge in [0, 0.05) is 37.1 Å². The molecule has 3 aliphatic rings. The van der Waals surface area contributed by atoms with Gasteiger partial charge in [0.2, 0.25) is 0 Å². The lowest BCUT2D eigenvalue weighted by atomic mass is 10.3. The van der Waals surface area contributed by atoms with E-state index in [0.717, 1.165) is 25.3 Å². The molecule has 0 unspecified atom stereocenters. The number of carbonyl (C=O) groups excluding carboxylic acids is 1. The Hall–Kier alpha value is -0.903. The van der Waals surface area contributed by atoms with Crippen molar-refractivity contribution in [3.05, 3.63) is 30.3 Å². The zero-order chi connectivity index (χ0) is 16.0. The first-order chi connectivity index (χ1) is 11.3. The summed E-state index contributed by atoms with van der Waals surface area (Å²) in [7, 11) is -2.61. The van der Waals surface area contributed by atoms with Gasteiger partial charge in [0.15, 0.2) is 0 Å². The third kappa shape index (κ3) is 5.03. The lowest BCUT2D eigenvalue weighted by molar-refractivity contribution is -0.00729. The van der Waals surface area contributed by atoms with E-state index in [2.05, 4.69) is 10.2 Å². The molecule has 3 aliphatic heterocycles. The zero-order valence-electron chi connectivity index (χ0n) is 13.0. The van der Waals surface area contributed by atoms with Gasteiger partial charge in [0.25, 0.3) is 5.24 Å². The summed E-state index contributed by atoms with van der Waals surface area (Å²) in [5.41, 5.74) is 0.807. The molecule has 3 heterocycles. The van der Waals surface area contributed by atoms with Crippen LogP contribution in [0.3, 0.4) is 0 Å². The van der Waals surface area contributed by atoms with Gasteiger partial charge in [-0.2, -0.15) is 0 Å². The van der Waals surface area contributed by atoms with Crippen molar-refractivity contribution in [2.24, 2.45) is 0 Å². The molecule has 0 aliphatic carbocycles. The third-order valence-electron chi connectivity index (χ3n) is 3.85. The second-order valence-corrected chi connectivity index (χ2v) is 9.25. The van der Waals surface area contributed by atoms with E-state index < -0.39 is 8.80 Å². The van der Waals surface area contributed by atoms with Crippen LogP contribution in [0.1, 0.15) is 0 Å². The molecule has 4 rings (SSSR count). The van der Waals surface area contributed by atoms with E-state index in [0.29, 0.717) is 31.6 Å². The molecule has 23 heavy (non-hydrogen) atoms. The second kappa shape index (κ2) is 8.27. The van der Waals surface area contributed by atoms with Crippen LogP contribution in [0.25, 0.3) is 0 Å². The molecule has 1 aromatic rings. The van der Waals surface area contributed by atoms with E-state index in [4.69, 9.17) is 13.3 Å². The Kier molecular flexibility index (Phi) is 6.09. The van der Waals surface area contributed by atoms with Gasteiger partial charge in [-0.15, -0.1) is 0 Å². The molecule has 1 aromatic carbocycles. The van der Waals surface area contributed by atoms with Crippen molar-refractivity contribution in [2.75, 3.05) is 50.5 Å². The molecule has 1 N–H and O–H groups in total. The summed E-state index contributed by atoms with van der Waals surface area (Å²) < 4.78 is 17.8. The highest BCUT2D eigenvalue weighted by atomic mass is 32.2. The Labute approximate surface area is 141 Å². The van der Waals surface area contributed by atoms with E-state index in [9.17, 15) is 4.79 Å². The summed E-state index contributed by atoms with van der Waals surface area (Å²) >= 11 is 1.25. The van der Waals surface area contributed by atoms with Crippen molar-refractivity contribution in [2.45, 2.75) is 6.04 Å². The number of hydrogen-bond acceptors (Lipinski definition) is 6.